The zero-order chi connectivity index (χ0) is 22.7. The number of halogens is 1. The Hall–Kier alpha value is -3.13. The average molecular weight is 457 g/mol. The first-order chi connectivity index (χ1) is 15.4. The van der Waals surface area contributed by atoms with Crippen molar-refractivity contribution in [2.24, 2.45) is 5.92 Å². The predicted octanol–water partition coefficient (Wildman–Crippen LogP) is 4.14. The first kappa shape index (κ1) is 22.1. The fourth-order valence-electron chi connectivity index (χ4n) is 3.79. The molecule has 8 nitrogen and oxygen atoms in total. The highest BCUT2D eigenvalue weighted by Crippen LogP contribution is 2.29. The van der Waals surface area contributed by atoms with Gasteiger partial charge in [-0.2, -0.15) is 4.98 Å². The lowest BCUT2D eigenvalue weighted by Crippen LogP contribution is -2.52. The van der Waals surface area contributed by atoms with Crippen LogP contribution in [0.4, 0.5) is 0 Å². The molecular formula is C23H25ClN4O4. The molecule has 1 aliphatic heterocycles. The third-order valence-electron chi connectivity index (χ3n) is 5.66. The van der Waals surface area contributed by atoms with Crippen molar-refractivity contribution in [3.8, 4) is 11.4 Å². The molecule has 0 radical (unpaired) electrons. The highest BCUT2D eigenvalue weighted by molar-refractivity contribution is 6.30. The molecule has 9 heteroatoms. The van der Waals surface area contributed by atoms with E-state index in [1.54, 1.807) is 29.2 Å². The first-order valence-corrected chi connectivity index (χ1v) is 11.0. The zero-order valence-electron chi connectivity index (χ0n) is 18.0. The van der Waals surface area contributed by atoms with Crippen LogP contribution in [-0.4, -0.2) is 46.0 Å². The van der Waals surface area contributed by atoms with E-state index in [1.165, 1.54) is 6.26 Å². The number of piperidine rings is 1. The molecule has 1 N–H and O–H groups in total. The number of carbonyl (C=O) groups excluding carboxylic acids is 2. The molecular weight excluding hydrogens is 432 g/mol. The minimum absolute atomic E-state index is 0.0583. The van der Waals surface area contributed by atoms with Gasteiger partial charge in [-0.05, 0) is 55.2 Å². The van der Waals surface area contributed by atoms with E-state index < -0.39 is 11.9 Å². The smallest absolute Gasteiger partial charge is 0.287 e. The third-order valence-corrected chi connectivity index (χ3v) is 5.92. The van der Waals surface area contributed by atoms with E-state index in [9.17, 15) is 9.59 Å². The van der Waals surface area contributed by atoms with E-state index in [1.807, 2.05) is 26.0 Å². The van der Waals surface area contributed by atoms with Gasteiger partial charge in [-0.15, -0.1) is 0 Å². The second kappa shape index (κ2) is 9.56. The average Bonchev–Trinajstić information content (AvgIpc) is 3.50. The molecule has 1 saturated heterocycles. The van der Waals surface area contributed by atoms with E-state index in [2.05, 4.69) is 15.5 Å². The molecule has 1 aromatic carbocycles. The molecule has 0 bridgehead atoms. The van der Waals surface area contributed by atoms with Crippen LogP contribution in [-0.2, 0) is 4.79 Å². The van der Waals surface area contributed by atoms with Crippen LogP contribution in [0.2, 0.25) is 5.02 Å². The van der Waals surface area contributed by atoms with Crippen molar-refractivity contribution in [3.63, 3.8) is 0 Å². The summed E-state index contributed by atoms with van der Waals surface area (Å²) in [6, 6.07) is 9.86. The lowest BCUT2D eigenvalue weighted by Gasteiger charge is -2.34. The summed E-state index contributed by atoms with van der Waals surface area (Å²) >= 11 is 5.94. The molecule has 1 fully saturated rings. The van der Waals surface area contributed by atoms with Gasteiger partial charge in [0.25, 0.3) is 5.91 Å². The number of aromatic nitrogens is 2. The Balaban J connectivity index is 1.36. The van der Waals surface area contributed by atoms with E-state index >= 15 is 0 Å². The highest BCUT2D eigenvalue weighted by Gasteiger charge is 2.33. The minimum atomic E-state index is -0.621. The first-order valence-electron chi connectivity index (χ1n) is 10.6. The van der Waals surface area contributed by atoms with Crippen LogP contribution >= 0.6 is 11.6 Å². The summed E-state index contributed by atoms with van der Waals surface area (Å²) in [5, 5.41) is 7.55. The largest absolute Gasteiger partial charge is 0.459 e. The topological polar surface area (TPSA) is 101 Å². The minimum Gasteiger partial charge on any atom is -0.459 e. The van der Waals surface area contributed by atoms with Crippen LogP contribution < -0.4 is 5.32 Å². The number of benzene rings is 1. The van der Waals surface area contributed by atoms with Crippen molar-refractivity contribution in [1.29, 1.82) is 0 Å². The van der Waals surface area contributed by atoms with Gasteiger partial charge in [0.1, 0.15) is 6.04 Å². The summed E-state index contributed by atoms with van der Waals surface area (Å²) in [7, 11) is 0. The fraction of sp³-hybridized carbons (Fsp3) is 0.391. The molecule has 1 unspecified atom stereocenters. The predicted molar refractivity (Wildman–Crippen MR) is 118 cm³/mol. The molecule has 3 heterocycles. The quantitative estimate of drug-likeness (QED) is 0.598. The van der Waals surface area contributed by atoms with Gasteiger partial charge in [-0.1, -0.05) is 30.6 Å². The van der Waals surface area contributed by atoms with Gasteiger partial charge in [-0.25, -0.2) is 0 Å². The molecule has 4 rings (SSSR count). The summed E-state index contributed by atoms with van der Waals surface area (Å²) in [4.78, 5) is 31.8. The lowest BCUT2D eigenvalue weighted by atomic mass is 9.95. The highest BCUT2D eigenvalue weighted by atomic mass is 35.5. The maximum absolute atomic E-state index is 13.1. The van der Waals surface area contributed by atoms with E-state index in [-0.39, 0.29) is 23.5 Å². The summed E-state index contributed by atoms with van der Waals surface area (Å²) < 4.78 is 10.6. The number of furan rings is 1. The molecule has 168 valence electrons. The van der Waals surface area contributed by atoms with Crippen molar-refractivity contribution in [2.75, 3.05) is 13.1 Å². The number of amides is 2. The second-order valence-corrected chi connectivity index (χ2v) is 8.67. The van der Waals surface area contributed by atoms with Crippen molar-refractivity contribution < 1.29 is 18.5 Å². The van der Waals surface area contributed by atoms with Crippen molar-refractivity contribution in [2.45, 2.75) is 38.6 Å². The molecule has 1 aliphatic rings. The second-order valence-electron chi connectivity index (χ2n) is 8.24. The monoisotopic (exact) mass is 456 g/mol. The maximum Gasteiger partial charge on any atom is 0.287 e. The number of hydrogen-bond donors (Lipinski definition) is 1. The van der Waals surface area contributed by atoms with Crippen LogP contribution in [0.25, 0.3) is 11.4 Å². The van der Waals surface area contributed by atoms with Gasteiger partial charge >= 0.3 is 0 Å². The summed E-state index contributed by atoms with van der Waals surface area (Å²) in [6.45, 7) is 4.94. The number of rotatable bonds is 6. The lowest BCUT2D eigenvalue weighted by molar-refractivity contribution is -0.135. The van der Waals surface area contributed by atoms with Gasteiger partial charge in [0.05, 0.1) is 6.26 Å². The Bertz CT molecular complexity index is 1050. The van der Waals surface area contributed by atoms with Gasteiger partial charge in [-0.3, -0.25) is 9.59 Å². The van der Waals surface area contributed by atoms with Crippen molar-refractivity contribution in [1.82, 2.24) is 20.4 Å². The molecule has 32 heavy (non-hydrogen) atoms. The molecule has 0 spiro atoms. The standard InChI is InChI=1S/C23H25ClN4O4/c1-14(2)19(25-21(29)18-4-3-13-31-18)23(30)28-11-9-16(10-12-28)22-26-20(27-32-22)15-5-7-17(24)8-6-15/h3-8,13-14,16,19H,9-12H2,1-2H3,(H,25,29). The fourth-order valence-corrected chi connectivity index (χ4v) is 3.92. The number of nitrogens with one attached hydrogen (secondary N) is 1. The summed E-state index contributed by atoms with van der Waals surface area (Å²) in [5.74, 6) is 0.836. The van der Waals surface area contributed by atoms with Gasteiger partial charge in [0.2, 0.25) is 17.6 Å². The third kappa shape index (κ3) is 4.85. The van der Waals surface area contributed by atoms with Gasteiger partial charge in [0, 0.05) is 29.6 Å². The molecule has 2 aromatic heterocycles. The van der Waals surface area contributed by atoms with Crippen molar-refractivity contribution in [3.05, 3.63) is 59.3 Å². The molecule has 3 aromatic rings. The van der Waals surface area contributed by atoms with Crippen LogP contribution in [0.15, 0.2) is 51.6 Å². The SMILES string of the molecule is CC(C)C(NC(=O)c1ccco1)C(=O)N1CCC(c2nc(-c3ccc(Cl)cc3)no2)CC1. The number of likely N-dealkylation sites (tertiary alicyclic amines) is 1. The van der Waals surface area contributed by atoms with Crippen LogP contribution in [0.3, 0.4) is 0 Å². The van der Waals surface area contributed by atoms with Crippen LogP contribution in [0, 0.1) is 5.92 Å². The number of hydrogen-bond acceptors (Lipinski definition) is 6. The number of carbonyl (C=O) groups is 2. The van der Waals surface area contributed by atoms with Gasteiger partial charge in [0.15, 0.2) is 5.76 Å². The Morgan fingerprint density at radius 3 is 2.50 bits per heavy atom. The maximum atomic E-state index is 13.1. The molecule has 1 atom stereocenters. The Kier molecular flexibility index (Phi) is 6.60. The molecule has 0 aliphatic carbocycles. The normalized spacial score (nSPS) is 15.7. The molecule has 2 amide bonds. The zero-order valence-corrected chi connectivity index (χ0v) is 18.7. The van der Waals surface area contributed by atoms with E-state index in [0.717, 1.165) is 5.56 Å². The number of nitrogens with zero attached hydrogens (tertiary/aromatic N) is 3. The summed E-state index contributed by atoms with van der Waals surface area (Å²) in [5.41, 5.74) is 0.837. The van der Waals surface area contributed by atoms with E-state index in [0.29, 0.717) is 42.7 Å². The molecule has 0 saturated carbocycles. The van der Waals surface area contributed by atoms with E-state index in [4.69, 9.17) is 20.5 Å². The van der Waals surface area contributed by atoms with Crippen LogP contribution in [0.5, 0.6) is 0 Å². The Morgan fingerprint density at radius 2 is 1.88 bits per heavy atom. The Labute approximate surface area is 190 Å². The Morgan fingerprint density at radius 1 is 1.16 bits per heavy atom. The summed E-state index contributed by atoms with van der Waals surface area (Å²) in [6.07, 6.45) is 2.86. The van der Waals surface area contributed by atoms with Crippen molar-refractivity contribution >= 4 is 23.4 Å². The van der Waals surface area contributed by atoms with Gasteiger partial charge < -0.3 is 19.2 Å². The van der Waals surface area contributed by atoms with Crippen LogP contribution in [0.1, 0.15) is 49.1 Å².